The minimum Gasteiger partial charge on any atom is -0.444 e. The van der Waals surface area contributed by atoms with Gasteiger partial charge in [0.1, 0.15) is 11.4 Å². The molecule has 0 bridgehead atoms. The van der Waals surface area contributed by atoms with Crippen molar-refractivity contribution in [1.82, 2.24) is 9.88 Å². The maximum atomic E-state index is 14.3. The molecule has 0 radical (unpaired) electrons. The molecule has 23 heavy (non-hydrogen) atoms. The molecule has 1 aliphatic rings. The van der Waals surface area contributed by atoms with E-state index in [1.165, 1.54) is 0 Å². The molecule has 1 N–H and O–H groups in total. The fraction of sp³-hybridized carbons (Fsp3) is 0.625. The van der Waals surface area contributed by atoms with Crippen molar-refractivity contribution in [2.24, 2.45) is 5.92 Å². The first-order valence-electron chi connectivity index (χ1n) is 7.68. The minimum absolute atomic E-state index is 0.117. The maximum absolute atomic E-state index is 14.3. The zero-order valence-electron chi connectivity index (χ0n) is 13.7. The van der Waals surface area contributed by atoms with Crippen molar-refractivity contribution in [1.29, 1.82) is 0 Å². The molecule has 0 saturated carbocycles. The van der Waals surface area contributed by atoms with Crippen LogP contribution in [-0.2, 0) is 4.74 Å². The number of pyridine rings is 1. The average Bonchev–Trinajstić information content (AvgIpc) is 2.44. The van der Waals surface area contributed by atoms with Gasteiger partial charge in [-0.05, 0) is 39.3 Å². The second-order valence-corrected chi connectivity index (χ2v) is 6.74. The number of amides is 1. The molecule has 2 rings (SSSR count). The van der Waals surface area contributed by atoms with Gasteiger partial charge >= 0.3 is 6.09 Å². The predicted octanol–water partition coefficient (Wildman–Crippen LogP) is 3.39. The van der Waals surface area contributed by atoms with Gasteiger partial charge in [0.2, 0.25) is 0 Å². The van der Waals surface area contributed by atoms with E-state index in [1.807, 2.05) is 0 Å². The molecule has 1 saturated heterocycles. The molecule has 1 aromatic heterocycles. The van der Waals surface area contributed by atoms with Gasteiger partial charge in [-0.15, -0.1) is 0 Å². The Morgan fingerprint density at radius 2 is 2.22 bits per heavy atom. The van der Waals surface area contributed by atoms with Crippen LogP contribution in [0.1, 0.15) is 27.2 Å². The lowest BCUT2D eigenvalue weighted by Gasteiger charge is -2.38. The highest BCUT2D eigenvalue weighted by Crippen LogP contribution is 2.33. The second-order valence-electron chi connectivity index (χ2n) is 6.74. The number of carbonyl (C=O) groups excluding carboxylic acids is 1. The van der Waals surface area contributed by atoms with Crippen molar-refractivity contribution in [2.45, 2.75) is 38.7 Å². The van der Waals surface area contributed by atoms with E-state index in [0.717, 1.165) is 4.90 Å². The molecule has 1 aliphatic heterocycles. The number of nitrogens with one attached hydrogen (secondary N) is 1. The third-order valence-electron chi connectivity index (χ3n) is 3.59. The van der Waals surface area contributed by atoms with Crippen molar-refractivity contribution in [3.05, 3.63) is 24.4 Å². The number of piperidine rings is 1. The predicted molar refractivity (Wildman–Crippen MR) is 83.6 cm³/mol. The summed E-state index contributed by atoms with van der Waals surface area (Å²) in [7, 11) is 0. The van der Waals surface area contributed by atoms with Crippen molar-refractivity contribution in [3.8, 4) is 0 Å². The summed E-state index contributed by atoms with van der Waals surface area (Å²) >= 11 is 0. The van der Waals surface area contributed by atoms with Crippen LogP contribution >= 0.6 is 0 Å². The number of rotatable bonds is 3. The zero-order chi connectivity index (χ0) is 17.1. The fourth-order valence-corrected chi connectivity index (χ4v) is 2.41. The standard InChI is InChI=1S/C16H23F2N3O2/c1-15(2,3)23-14(22)21-9-7-12(16(17,18)11-21)10-20-13-6-4-5-8-19-13/h4-6,8,12H,7,9-11H2,1-3H3,(H,19,20)/t12-/m1/s1. The first kappa shape index (κ1) is 17.4. The van der Waals surface area contributed by atoms with E-state index < -0.39 is 30.1 Å². The van der Waals surface area contributed by atoms with Gasteiger partial charge in [0.05, 0.1) is 6.54 Å². The molecule has 1 amide bonds. The number of carbonyl (C=O) groups is 1. The van der Waals surface area contributed by atoms with E-state index >= 15 is 0 Å². The van der Waals surface area contributed by atoms with Crippen LogP contribution in [0.2, 0.25) is 0 Å². The lowest BCUT2D eigenvalue weighted by molar-refractivity contribution is -0.106. The van der Waals surface area contributed by atoms with E-state index in [-0.39, 0.29) is 19.5 Å². The van der Waals surface area contributed by atoms with Gasteiger partial charge in [0.15, 0.2) is 0 Å². The number of likely N-dealkylation sites (tertiary alicyclic amines) is 1. The molecule has 2 heterocycles. The highest BCUT2D eigenvalue weighted by molar-refractivity contribution is 5.68. The van der Waals surface area contributed by atoms with Gasteiger partial charge in [-0.25, -0.2) is 18.6 Å². The van der Waals surface area contributed by atoms with Crippen molar-refractivity contribution >= 4 is 11.9 Å². The number of nitrogens with zero attached hydrogens (tertiary/aromatic N) is 2. The molecule has 0 unspecified atom stereocenters. The Labute approximate surface area is 135 Å². The molecule has 0 aliphatic carbocycles. The van der Waals surface area contributed by atoms with Crippen LogP contribution in [0.5, 0.6) is 0 Å². The molecule has 5 nitrogen and oxygen atoms in total. The lowest BCUT2D eigenvalue weighted by atomic mass is 9.93. The number of alkyl halides is 2. The minimum atomic E-state index is -2.96. The number of hydrogen-bond acceptors (Lipinski definition) is 4. The van der Waals surface area contributed by atoms with E-state index in [9.17, 15) is 13.6 Å². The number of anilines is 1. The molecule has 1 fully saturated rings. The Hall–Kier alpha value is -1.92. The van der Waals surface area contributed by atoms with Gasteiger partial charge in [0, 0.05) is 25.2 Å². The van der Waals surface area contributed by atoms with Gasteiger partial charge in [-0.3, -0.25) is 0 Å². The Morgan fingerprint density at radius 3 is 2.78 bits per heavy atom. The first-order valence-corrected chi connectivity index (χ1v) is 7.68. The smallest absolute Gasteiger partial charge is 0.410 e. The van der Waals surface area contributed by atoms with Gasteiger partial charge < -0.3 is 15.0 Å². The van der Waals surface area contributed by atoms with E-state index in [1.54, 1.807) is 45.2 Å². The summed E-state index contributed by atoms with van der Waals surface area (Å²) < 4.78 is 33.8. The highest BCUT2D eigenvalue weighted by Gasteiger charge is 2.46. The summed E-state index contributed by atoms with van der Waals surface area (Å²) in [6.07, 6.45) is 1.13. The molecule has 0 aromatic carbocycles. The van der Waals surface area contributed by atoms with Crippen molar-refractivity contribution < 1.29 is 18.3 Å². The molecule has 7 heteroatoms. The summed E-state index contributed by atoms with van der Waals surface area (Å²) in [4.78, 5) is 17.1. The number of ether oxygens (including phenoxy) is 1. The topological polar surface area (TPSA) is 54.5 Å². The van der Waals surface area contributed by atoms with Crippen LogP contribution in [0.3, 0.4) is 0 Å². The number of hydrogen-bond donors (Lipinski definition) is 1. The quantitative estimate of drug-likeness (QED) is 0.924. The number of halogens is 2. The fourth-order valence-electron chi connectivity index (χ4n) is 2.41. The molecule has 0 spiro atoms. The summed E-state index contributed by atoms with van der Waals surface area (Å²) in [5, 5.41) is 2.93. The van der Waals surface area contributed by atoms with Crippen LogP contribution in [0.15, 0.2) is 24.4 Å². The monoisotopic (exact) mass is 327 g/mol. The Morgan fingerprint density at radius 1 is 1.48 bits per heavy atom. The lowest BCUT2D eigenvalue weighted by Crippen LogP contribution is -2.53. The molecule has 1 atom stereocenters. The Kier molecular flexibility index (Phi) is 5.06. The average molecular weight is 327 g/mol. The SMILES string of the molecule is CC(C)(C)OC(=O)N1CC[C@H](CNc2ccccn2)C(F)(F)C1. The second kappa shape index (κ2) is 6.68. The largest absolute Gasteiger partial charge is 0.444 e. The third-order valence-corrected chi connectivity index (χ3v) is 3.59. The van der Waals surface area contributed by atoms with Gasteiger partial charge in [0.25, 0.3) is 5.92 Å². The number of aromatic nitrogens is 1. The van der Waals surface area contributed by atoms with Crippen LogP contribution < -0.4 is 5.32 Å². The first-order chi connectivity index (χ1) is 10.7. The summed E-state index contributed by atoms with van der Waals surface area (Å²) in [5.41, 5.74) is -0.691. The van der Waals surface area contributed by atoms with Crippen LogP contribution in [0, 0.1) is 5.92 Å². The molecular formula is C16H23F2N3O2. The summed E-state index contributed by atoms with van der Waals surface area (Å²) in [5.74, 6) is -3.24. The Balaban J connectivity index is 1.91. The van der Waals surface area contributed by atoms with Crippen LogP contribution in [-0.4, -0.2) is 47.1 Å². The third kappa shape index (κ3) is 5.04. The van der Waals surface area contributed by atoms with Gasteiger partial charge in [-0.1, -0.05) is 6.07 Å². The van der Waals surface area contributed by atoms with Crippen LogP contribution in [0.25, 0.3) is 0 Å². The summed E-state index contributed by atoms with van der Waals surface area (Å²) in [6.45, 7) is 4.91. The van der Waals surface area contributed by atoms with Gasteiger partial charge in [-0.2, -0.15) is 0 Å². The summed E-state index contributed by atoms with van der Waals surface area (Å²) in [6, 6.07) is 5.28. The van der Waals surface area contributed by atoms with E-state index in [4.69, 9.17) is 4.74 Å². The maximum Gasteiger partial charge on any atom is 0.410 e. The normalized spacial score (nSPS) is 20.9. The Bertz CT molecular complexity index is 532. The van der Waals surface area contributed by atoms with Crippen molar-refractivity contribution in [2.75, 3.05) is 25.0 Å². The zero-order valence-corrected chi connectivity index (χ0v) is 13.7. The van der Waals surface area contributed by atoms with Crippen molar-refractivity contribution in [3.63, 3.8) is 0 Å². The van der Waals surface area contributed by atoms with E-state index in [2.05, 4.69) is 10.3 Å². The molecule has 1 aromatic rings. The van der Waals surface area contributed by atoms with E-state index in [0.29, 0.717) is 5.82 Å². The molecule has 128 valence electrons. The molecular weight excluding hydrogens is 304 g/mol. The van der Waals surface area contributed by atoms with Crippen LogP contribution in [0.4, 0.5) is 19.4 Å². The highest BCUT2D eigenvalue weighted by atomic mass is 19.3.